The minimum Gasteiger partial charge on any atom is -0.348 e. The number of hydrogen-bond donors (Lipinski definition) is 2. The van der Waals surface area contributed by atoms with Crippen molar-refractivity contribution in [2.45, 2.75) is 6.04 Å². The predicted octanol–water partition coefficient (Wildman–Crippen LogP) is 0.203. The van der Waals surface area contributed by atoms with Crippen molar-refractivity contribution < 1.29 is 14.4 Å². The molecule has 7 nitrogen and oxygen atoms in total. The number of carbonyl (C=O) groups is 3. The molecular weight excluding hydrogens is 284 g/mol. The van der Waals surface area contributed by atoms with Gasteiger partial charge < -0.3 is 10.2 Å². The molecular formula is C15H22N4O3. The van der Waals surface area contributed by atoms with Crippen LogP contribution in [0.3, 0.4) is 0 Å². The molecule has 120 valence electrons. The molecule has 0 radical (unpaired) electrons. The molecule has 0 fully saturated rings. The molecule has 1 aromatic carbocycles. The first-order valence-electron chi connectivity index (χ1n) is 6.84. The topological polar surface area (TPSA) is 81.8 Å². The van der Waals surface area contributed by atoms with Gasteiger partial charge in [-0.3, -0.25) is 19.8 Å². The van der Waals surface area contributed by atoms with Gasteiger partial charge in [-0.1, -0.05) is 30.3 Å². The number of carbonyl (C=O) groups excluding carboxylic acids is 3. The van der Waals surface area contributed by atoms with E-state index in [1.165, 1.54) is 11.9 Å². The van der Waals surface area contributed by atoms with Crippen LogP contribution in [0.4, 0.5) is 4.79 Å². The second-order valence-electron chi connectivity index (χ2n) is 5.08. The van der Waals surface area contributed by atoms with Crippen LogP contribution >= 0.6 is 0 Å². The summed E-state index contributed by atoms with van der Waals surface area (Å²) in [5.41, 5.74) is 0.706. The zero-order valence-corrected chi connectivity index (χ0v) is 13.3. The fraction of sp³-hybridized carbons (Fsp3) is 0.400. The molecule has 0 aliphatic carbocycles. The van der Waals surface area contributed by atoms with E-state index in [1.54, 1.807) is 50.3 Å². The summed E-state index contributed by atoms with van der Waals surface area (Å²) in [7, 11) is 6.40. The Bertz CT molecular complexity index is 531. The van der Waals surface area contributed by atoms with E-state index in [0.717, 1.165) is 0 Å². The fourth-order valence-electron chi connectivity index (χ4n) is 1.93. The second-order valence-corrected chi connectivity index (χ2v) is 5.08. The largest absolute Gasteiger partial charge is 0.348 e. The number of hydrogen-bond acceptors (Lipinski definition) is 4. The summed E-state index contributed by atoms with van der Waals surface area (Å²) in [6.07, 6.45) is 0. The van der Waals surface area contributed by atoms with Crippen LogP contribution in [0.1, 0.15) is 11.6 Å². The maximum atomic E-state index is 12.4. The number of rotatable bonds is 5. The minimum absolute atomic E-state index is 0.0632. The Hall–Kier alpha value is -2.41. The maximum absolute atomic E-state index is 12.4. The number of imide groups is 1. The van der Waals surface area contributed by atoms with Crippen LogP contribution < -0.4 is 10.6 Å². The van der Waals surface area contributed by atoms with Gasteiger partial charge in [0, 0.05) is 21.1 Å². The third-order valence-corrected chi connectivity index (χ3v) is 3.15. The third-order valence-electron chi connectivity index (χ3n) is 3.15. The van der Waals surface area contributed by atoms with Crippen molar-refractivity contribution in [3.05, 3.63) is 35.9 Å². The van der Waals surface area contributed by atoms with Crippen LogP contribution in [0.25, 0.3) is 0 Å². The standard InChI is InChI=1S/C15H22N4O3/c1-16-15(22)17-14(21)13(11-8-6-5-7-9-11)19(4)10-12(20)18(2)3/h5-9,13H,10H2,1-4H3,(H2,16,17,21,22). The van der Waals surface area contributed by atoms with Gasteiger partial charge in [0.15, 0.2) is 0 Å². The highest BCUT2D eigenvalue weighted by molar-refractivity contribution is 5.97. The molecule has 1 unspecified atom stereocenters. The highest BCUT2D eigenvalue weighted by atomic mass is 16.2. The normalized spacial score (nSPS) is 11.7. The highest BCUT2D eigenvalue weighted by Crippen LogP contribution is 2.19. The molecule has 0 saturated heterocycles. The van der Waals surface area contributed by atoms with Crippen LogP contribution in [0.5, 0.6) is 0 Å². The van der Waals surface area contributed by atoms with Crippen molar-refractivity contribution in [3.63, 3.8) is 0 Å². The van der Waals surface area contributed by atoms with Gasteiger partial charge in [-0.15, -0.1) is 0 Å². The first-order valence-corrected chi connectivity index (χ1v) is 6.84. The van der Waals surface area contributed by atoms with Crippen LogP contribution in [-0.4, -0.2) is 62.4 Å². The number of benzene rings is 1. The summed E-state index contributed by atoms with van der Waals surface area (Å²) in [4.78, 5) is 38.7. The molecule has 0 bridgehead atoms. The van der Waals surface area contributed by atoms with Gasteiger partial charge in [0.25, 0.3) is 0 Å². The van der Waals surface area contributed by atoms with Crippen LogP contribution in [0.2, 0.25) is 0 Å². The van der Waals surface area contributed by atoms with Crippen molar-refractivity contribution >= 4 is 17.8 Å². The van der Waals surface area contributed by atoms with Gasteiger partial charge in [-0.25, -0.2) is 4.79 Å². The molecule has 0 aliphatic heterocycles. The van der Waals surface area contributed by atoms with Crippen molar-refractivity contribution in [1.29, 1.82) is 0 Å². The Balaban J connectivity index is 2.99. The Morgan fingerprint density at radius 3 is 2.18 bits per heavy atom. The van der Waals surface area contributed by atoms with E-state index in [0.29, 0.717) is 5.56 Å². The average Bonchev–Trinajstić information content (AvgIpc) is 2.48. The Labute approximate surface area is 130 Å². The Kier molecular flexibility index (Phi) is 6.52. The number of nitrogens with zero attached hydrogens (tertiary/aromatic N) is 2. The fourth-order valence-corrected chi connectivity index (χ4v) is 1.93. The van der Waals surface area contributed by atoms with Crippen LogP contribution in [0, 0.1) is 0 Å². The summed E-state index contributed by atoms with van der Waals surface area (Å²) in [6.45, 7) is 0.0632. The summed E-state index contributed by atoms with van der Waals surface area (Å²) in [5.74, 6) is -0.615. The van der Waals surface area contributed by atoms with E-state index >= 15 is 0 Å². The molecule has 4 amide bonds. The molecule has 22 heavy (non-hydrogen) atoms. The summed E-state index contributed by atoms with van der Waals surface area (Å²) in [5, 5.41) is 4.59. The Morgan fingerprint density at radius 1 is 1.09 bits per heavy atom. The zero-order valence-electron chi connectivity index (χ0n) is 13.3. The van der Waals surface area contributed by atoms with Gasteiger partial charge in [0.05, 0.1) is 6.54 Å². The zero-order chi connectivity index (χ0) is 16.7. The molecule has 0 heterocycles. The van der Waals surface area contributed by atoms with Crippen molar-refractivity contribution in [2.24, 2.45) is 0 Å². The lowest BCUT2D eigenvalue weighted by Crippen LogP contribution is -2.46. The van der Waals surface area contributed by atoms with Crippen LogP contribution in [0.15, 0.2) is 30.3 Å². The summed E-state index contributed by atoms with van der Waals surface area (Å²) < 4.78 is 0. The van der Waals surface area contributed by atoms with E-state index in [9.17, 15) is 14.4 Å². The molecule has 1 aromatic rings. The molecule has 0 saturated carbocycles. The predicted molar refractivity (Wildman–Crippen MR) is 83.1 cm³/mol. The van der Waals surface area contributed by atoms with Crippen LogP contribution in [-0.2, 0) is 9.59 Å². The van der Waals surface area contributed by atoms with E-state index in [-0.39, 0.29) is 12.5 Å². The van der Waals surface area contributed by atoms with Crippen molar-refractivity contribution in [2.75, 3.05) is 34.7 Å². The SMILES string of the molecule is CNC(=O)NC(=O)C(c1ccccc1)N(C)CC(=O)N(C)C. The molecule has 0 aromatic heterocycles. The van der Waals surface area contributed by atoms with Gasteiger partial charge in [-0.2, -0.15) is 0 Å². The lowest BCUT2D eigenvalue weighted by atomic mass is 10.0. The van der Waals surface area contributed by atoms with Crippen molar-refractivity contribution in [1.82, 2.24) is 20.4 Å². The summed E-state index contributed by atoms with van der Waals surface area (Å²) in [6, 6.07) is 7.69. The lowest BCUT2D eigenvalue weighted by molar-refractivity contribution is -0.132. The van der Waals surface area contributed by atoms with Gasteiger partial charge in [0.1, 0.15) is 6.04 Å². The van der Waals surface area contributed by atoms with Gasteiger partial charge in [-0.05, 0) is 12.6 Å². The average molecular weight is 306 g/mol. The second kappa shape index (κ2) is 8.14. The van der Waals surface area contributed by atoms with E-state index < -0.39 is 18.0 Å². The quantitative estimate of drug-likeness (QED) is 0.814. The molecule has 1 rings (SSSR count). The maximum Gasteiger partial charge on any atom is 0.321 e. The van der Waals surface area contributed by atoms with E-state index in [1.807, 2.05) is 6.07 Å². The number of nitrogens with one attached hydrogen (secondary N) is 2. The summed E-state index contributed by atoms with van der Waals surface area (Å²) >= 11 is 0. The molecule has 2 N–H and O–H groups in total. The van der Waals surface area contributed by atoms with Crippen molar-refractivity contribution in [3.8, 4) is 0 Å². The van der Waals surface area contributed by atoms with Gasteiger partial charge in [0.2, 0.25) is 11.8 Å². The smallest absolute Gasteiger partial charge is 0.321 e. The third kappa shape index (κ3) is 4.85. The number of likely N-dealkylation sites (N-methyl/N-ethyl adjacent to an activating group) is 2. The Morgan fingerprint density at radius 2 is 1.68 bits per heavy atom. The number of urea groups is 1. The first-order chi connectivity index (χ1) is 10.4. The lowest BCUT2D eigenvalue weighted by Gasteiger charge is -2.27. The number of amides is 4. The molecule has 0 aliphatic rings. The monoisotopic (exact) mass is 306 g/mol. The first kappa shape index (κ1) is 17.6. The van der Waals surface area contributed by atoms with Gasteiger partial charge >= 0.3 is 6.03 Å². The molecule has 0 spiro atoms. The highest BCUT2D eigenvalue weighted by Gasteiger charge is 2.27. The molecule has 7 heteroatoms. The van der Waals surface area contributed by atoms with E-state index in [2.05, 4.69) is 10.6 Å². The van der Waals surface area contributed by atoms with E-state index in [4.69, 9.17) is 0 Å². The minimum atomic E-state index is -0.734. The molecule has 1 atom stereocenters.